The summed E-state index contributed by atoms with van der Waals surface area (Å²) in [5, 5.41) is 0. The summed E-state index contributed by atoms with van der Waals surface area (Å²) in [4.78, 5) is 16.2. The van der Waals surface area contributed by atoms with Crippen LogP contribution in [0.3, 0.4) is 0 Å². The van der Waals surface area contributed by atoms with Gasteiger partial charge in [-0.25, -0.2) is 9.38 Å². The third kappa shape index (κ3) is 2.03. The Bertz CT molecular complexity index is 413. The van der Waals surface area contributed by atoms with Gasteiger partial charge in [-0.1, -0.05) is 6.07 Å². The minimum absolute atomic E-state index is 0.00352. The number of benzene rings is 1. The molecule has 0 N–H and O–H groups in total. The molecule has 1 amide bonds. The van der Waals surface area contributed by atoms with E-state index in [1.807, 2.05) is 0 Å². The first kappa shape index (κ1) is 11.4. The number of rotatable bonds is 2. The summed E-state index contributed by atoms with van der Waals surface area (Å²) in [6, 6.07) is 3.32. The summed E-state index contributed by atoms with van der Waals surface area (Å²) in [6.45, 7) is 4.78. The summed E-state index contributed by atoms with van der Waals surface area (Å²) >= 11 is 0. The van der Waals surface area contributed by atoms with E-state index in [2.05, 4.69) is 11.7 Å². The molecule has 1 rings (SSSR count). The number of hydrogen-bond donors (Lipinski definition) is 0. The van der Waals surface area contributed by atoms with Crippen molar-refractivity contribution in [1.82, 2.24) is 0 Å². The first-order chi connectivity index (χ1) is 6.99. The zero-order valence-corrected chi connectivity index (χ0v) is 9.04. The molecule has 0 aliphatic heterocycles. The van der Waals surface area contributed by atoms with Crippen LogP contribution in [0, 0.1) is 12.7 Å². The maximum absolute atomic E-state index is 13.9. The van der Waals surface area contributed by atoms with Gasteiger partial charge in [-0.15, -0.1) is 0 Å². The van der Waals surface area contributed by atoms with Gasteiger partial charge in [0.25, 0.3) is 5.91 Å². The molecular weight excluding hydrogens is 195 g/mol. The highest BCUT2D eigenvalue weighted by Gasteiger charge is 2.17. The van der Waals surface area contributed by atoms with Crippen molar-refractivity contribution in [2.24, 2.45) is 4.99 Å². The van der Waals surface area contributed by atoms with E-state index >= 15 is 0 Å². The van der Waals surface area contributed by atoms with Crippen LogP contribution in [0.1, 0.15) is 15.9 Å². The van der Waals surface area contributed by atoms with Gasteiger partial charge >= 0.3 is 0 Å². The van der Waals surface area contributed by atoms with Gasteiger partial charge in [0.15, 0.2) is 5.82 Å². The predicted molar refractivity (Wildman–Crippen MR) is 59.3 cm³/mol. The Morgan fingerprint density at radius 2 is 2.07 bits per heavy atom. The molecular formula is C11H13FN2O. The Balaban J connectivity index is 3.43. The maximum atomic E-state index is 13.9. The number of hydrogen-bond acceptors (Lipinski definition) is 2. The monoisotopic (exact) mass is 208 g/mol. The van der Waals surface area contributed by atoms with Crippen molar-refractivity contribution in [3.8, 4) is 0 Å². The minimum atomic E-state index is -0.631. The van der Waals surface area contributed by atoms with Gasteiger partial charge in [0, 0.05) is 14.1 Å². The van der Waals surface area contributed by atoms with Crippen LogP contribution in [0.15, 0.2) is 17.1 Å². The van der Waals surface area contributed by atoms with E-state index in [1.165, 1.54) is 0 Å². The predicted octanol–water partition coefficient (Wildman–Crippen LogP) is 2.04. The smallest absolute Gasteiger partial charge is 0.279 e. The number of carbonyl (C=O) groups is 1. The standard InChI is InChI=1S/C11H13FN2O/c1-7-5-6-8(14(3)4)10(12)9(7)11(15)13-2/h5-6H,2H2,1,3-4H3. The van der Waals surface area contributed by atoms with Gasteiger partial charge in [0.05, 0.1) is 11.3 Å². The number of nitrogens with zero attached hydrogens (tertiary/aromatic N) is 2. The van der Waals surface area contributed by atoms with Gasteiger partial charge in [-0.3, -0.25) is 4.79 Å². The van der Waals surface area contributed by atoms with Crippen LogP contribution < -0.4 is 4.90 Å². The van der Waals surface area contributed by atoms with Crippen molar-refractivity contribution in [2.45, 2.75) is 6.92 Å². The Kier molecular flexibility index (Phi) is 3.19. The highest BCUT2D eigenvalue weighted by Crippen LogP contribution is 2.24. The molecule has 4 heteroatoms. The second-order valence-electron chi connectivity index (χ2n) is 3.45. The molecule has 15 heavy (non-hydrogen) atoms. The third-order valence-electron chi connectivity index (χ3n) is 2.17. The molecule has 0 heterocycles. The Morgan fingerprint density at radius 3 is 2.53 bits per heavy atom. The quantitative estimate of drug-likeness (QED) is 0.697. The lowest BCUT2D eigenvalue weighted by molar-refractivity contribution is 0.0999. The lowest BCUT2D eigenvalue weighted by atomic mass is 10.1. The van der Waals surface area contributed by atoms with Crippen molar-refractivity contribution < 1.29 is 9.18 Å². The van der Waals surface area contributed by atoms with Crippen LogP contribution in [0.25, 0.3) is 0 Å². The van der Waals surface area contributed by atoms with E-state index in [0.717, 1.165) is 0 Å². The molecule has 0 unspecified atom stereocenters. The summed E-state index contributed by atoms with van der Waals surface area (Å²) in [7, 11) is 3.42. The zero-order valence-electron chi connectivity index (χ0n) is 9.04. The summed E-state index contributed by atoms with van der Waals surface area (Å²) < 4.78 is 13.9. The van der Waals surface area contributed by atoms with Gasteiger partial charge in [-0.05, 0) is 25.3 Å². The van der Waals surface area contributed by atoms with Crippen LogP contribution in [0.4, 0.5) is 10.1 Å². The van der Waals surface area contributed by atoms with Crippen LogP contribution >= 0.6 is 0 Å². The van der Waals surface area contributed by atoms with Crippen LogP contribution in [0.5, 0.6) is 0 Å². The maximum Gasteiger partial charge on any atom is 0.279 e. The molecule has 0 atom stereocenters. The van der Waals surface area contributed by atoms with Gasteiger partial charge < -0.3 is 4.90 Å². The summed E-state index contributed by atoms with van der Waals surface area (Å²) in [5.41, 5.74) is 0.930. The summed E-state index contributed by atoms with van der Waals surface area (Å²) in [6.07, 6.45) is 0. The SMILES string of the molecule is C=NC(=O)c1c(C)ccc(N(C)C)c1F. The first-order valence-corrected chi connectivity index (χ1v) is 4.46. The Labute approximate surface area is 88.2 Å². The first-order valence-electron chi connectivity index (χ1n) is 4.46. The molecule has 1 aromatic rings. The minimum Gasteiger partial charge on any atom is -0.375 e. The second-order valence-corrected chi connectivity index (χ2v) is 3.45. The van der Waals surface area contributed by atoms with Gasteiger partial charge in [-0.2, -0.15) is 0 Å². The molecule has 0 saturated carbocycles. The van der Waals surface area contributed by atoms with Crippen molar-refractivity contribution in [3.05, 3.63) is 29.1 Å². The van der Waals surface area contributed by atoms with Gasteiger partial charge in [0.2, 0.25) is 0 Å². The number of halogens is 1. The third-order valence-corrected chi connectivity index (χ3v) is 2.17. The van der Waals surface area contributed by atoms with Crippen molar-refractivity contribution in [2.75, 3.05) is 19.0 Å². The molecule has 0 aliphatic carbocycles. The highest BCUT2D eigenvalue weighted by molar-refractivity contribution is 5.99. The molecule has 0 aromatic heterocycles. The van der Waals surface area contributed by atoms with E-state index in [0.29, 0.717) is 11.3 Å². The molecule has 0 bridgehead atoms. The van der Waals surface area contributed by atoms with Crippen molar-refractivity contribution in [3.63, 3.8) is 0 Å². The fourth-order valence-corrected chi connectivity index (χ4v) is 1.35. The van der Waals surface area contributed by atoms with Gasteiger partial charge in [0.1, 0.15) is 0 Å². The average molecular weight is 208 g/mol. The van der Waals surface area contributed by atoms with E-state index in [1.54, 1.807) is 38.1 Å². The average Bonchev–Trinajstić information content (AvgIpc) is 2.16. The topological polar surface area (TPSA) is 32.7 Å². The molecule has 0 radical (unpaired) electrons. The Morgan fingerprint density at radius 1 is 1.47 bits per heavy atom. The molecule has 0 fully saturated rings. The Hall–Kier alpha value is -1.71. The highest BCUT2D eigenvalue weighted by atomic mass is 19.1. The fraction of sp³-hybridized carbons (Fsp3) is 0.273. The van der Waals surface area contributed by atoms with Crippen LogP contribution in [-0.4, -0.2) is 26.7 Å². The number of carbonyl (C=O) groups excluding carboxylic acids is 1. The van der Waals surface area contributed by atoms with E-state index < -0.39 is 11.7 Å². The number of aliphatic imine (C=N–C) groups is 1. The molecule has 0 saturated heterocycles. The van der Waals surface area contributed by atoms with E-state index in [9.17, 15) is 9.18 Å². The van der Waals surface area contributed by atoms with Crippen molar-refractivity contribution >= 4 is 18.3 Å². The molecule has 0 aliphatic rings. The molecule has 80 valence electrons. The fourth-order valence-electron chi connectivity index (χ4n) is 1.35. The second kappa shape index (κ2) is 4.21. The number of amides is 1. The normalized spacial score (nSPS) is 9.87. The molecule has 0 spiro atoms. The van der Waals surface area contributed by atoms with E-state index in [4.69, 9.17) is 0 Å². The number of anilines is 1. The lowest BCUT2D eigenvalue weighted by Crippen LogP contribution is -2.14. The molecule has 1 aromatic carbocycles. The summed E-state index contributed by atoms with van der Waals surface area (Å²) in [5.74, 6) is -1.17. The van der Waals surface area contributed by atoms with Crippen molar-refractivity contribution in [1.29, 1.82) is 0 Å². The van der Waals surface area contributed by atoms with Crippen LogP contribution in [0.2, 0.25) is 0 Å². The van der Waals surface area contributed by atoms with Crippen LogP contribution in [-0.2, 0) is 0 Å². The zero-order chi connectivity index (χ0) is 11.6. The lowest BCUT2D eigenvalue weighted by Gasteiger charge is -2.15. The van der Waals surface area contributed by atoms with E-state index in [-0.39, 0.29) is 5.56 Å². The molecule has 3 nitrogen and oxygen atoms in total. The largest absolute Gasteiger partial charge is 0.375 e. The number of aryl methyl sites for hydroxylation is 1.